The van der Waals surface area contributed by atoms with Gasteiger partial charge >= 0.3 is 11.8 Å². The Morgan fingerprint density at radius 2 is 1.94 bits per heavy atom. The zero-order valence-electron chi connectivity index (χ0n) is 17.2. The second-order valence-electron chi connectivity index (χ2n) is 7.22. The van der Waals surface area contributed by atoms with E-state index >= 15 is 0 Å². The van der Waals surface area contributed by atoms with Gasteiger partial charge in [-0.2, -0.15) is 4.98 Å². The van der Waals surface area contributed by atoms with E-state index < -0.39 is 10.0 Å². The van der Waals surface area contributed by atoms with Crippen molar-refractivity contribution in [2.24, 2.45) is 0 Å². The minimum atomic E-state index is -3.85. The molecule has 1 aliphatic rings. The van der Waals surface area contributed by atoms with Crippen LogP contribution in [0.1, 0.15) is 21.8 Å². The molecule has 3 aromatic rings. The number of halogens is 1. The van der Waals surface area contributed by atoms with Crippen molar-refractivity contribution < 1.29 is 22.5 Å². The van der Waals surface area contributed by atoms with Gasteiger partial charge in [0.15, 0.2) is 0 Å². The molecule has 1 saturated heterocycles. The quantitative estimate of drug-likeness (QED) is 0.581. The van der Waals surface area contributed by atoms with E-state index in [0.717, 1.165) is 0 Å². The maximum absolute atomic E-state index is 13.0. The maximum atomic E-state index is 13.0. The van der Waals surface area contributed by atoms with Crippen molar-refractivity contribution in [3.05, 3.63) is 64.5 Å². The molecule has 1 amide bonds. The lowest BCUT2D eigenvalue weighted by Gasteiger charge is -2.25. The summed E-state index contributed by atoms with van der Waals surface area (Å²) in [7, 11) is -3.85. The highest BCUT2D eigenvalue weighted by molar-refractivity contribution is 7.89. The lowest BCUT2D eigenvalue weighted by atomic mass is 10.1. The first-order valence-electron chi connectivity index (χ1n) is 9.90. The fraction of sp³-hybridized carbons (Fsp3) is 0.286. The molecule has 0 aliphatic carbocycles. The Balaban J connectivity index is 1.55. The number of nitrogens with zero attached hydrogens (tertiary/aromatic N) is 3. The number of hydrogen-bond donors (Lipinski definition) is 1. The molecule has 0 spiro atoms. The highest BCUT2D eigenvalue weighted by Crippen LogP contribution is 2.24. The molecule has 32 heavy (non-hydrogen) atoms. The Morgan fingerprint density at radius 3 is 2.69 bits per heavy atom. The molecule has 0 bridgehead atoms. The molecule has 0 unspecified atom stereocenters. The first-order chi connectivity index (χ1) is 15.3. The Labute approximate surface area is 190 Å². The molecule has 1 aliphatic heterocycles. The number of carbonyl (C=O) groups excluding carboxylic acids is 1. The molecule has 0 saturated carbocycles. The van der Waals surface area contributed by atoms with Crippen molar-refractivity contribution in [2.75, 3.05) is 26.3 Å². The predicted molar refractivity (Wildman–Crippen MR) is 117 cm³/mol. The van der Waals surface area contributed by atoms with Crippen molar-refractivity contribution in [1.82, 2.24) is 19.8 Å². The molecule has 2 aromatic carbocycles. The van der Waals surface area contributed by atoms with Gasteiger partial charge in [-0.1, -0.05) is 47.1 Å². The number of aryl methyl sites for hydroxylation is 1. The van der Waals surface area contributed by atoms with Gasteiger partial charge in [0.2, 0.25) is 15.8 Å². The lowest BCUT2D eigenvalue weighted by Crippen LogP contribution is -2.40. The standard InChI is InChI=1S/C21H21ClN4O5S/c1-14-6-7-15(19-24-20(31-25-19)21(27)26-8-10-30-11-9-26)12-18(14)32(28,29)23-13-16-4-2-3-5-17(16)22/h2-7,12,23H,8-11,13H2,1H3. The number of hydrogen-bond acceptors (Lipinski definition) is 7. The topological polar surface area (TPSA) is 115 Å². The maximum Gasteiger partial charge on any atom is 0.316 e. The van der Waals surface area contributed by atoms with Gasteiger partial charge in [0.05, 0.1) is 18.1 Å². The van der Waals surface area contributed by atoms with Crippen LogP contribution in [0.15, 0.2) is 51.9 Å². The third-order valence-electron chi connectivity index (χ3n) is 5.05. The zero-order valence-corrected chi connectivity index (χ0v) is 18.8. The first kappa shape index (κ1) is 22.4. The van der Waals surface area contributed by atoms with Crippen LogP contribution in [0.4, 0.5) is 0 Å². The van der Waals surface area contributed by atoms with Crippen LogP contribution in [0.3, 0.4) is 0 Å². The second-order valence-corrected chi connectivity index (χ2v) is 9.37. The van der Waals surface area contributed by atoms with E-state index in [1.165, 1.54) is 6.07 Å². The van der Waals surface area contributed by atoms with E-state index in [2.05, 4.69) is 14.9 Å². The molecule has 2 heterocycles. The van der Waals surface area contributed by atoms with Crippen LogP contribution in [-0.4, -0.2) is 55.7 Å². The van der Waals surface area contributed by atoms with E-state index in [4.69, 9.17) is 20.9 Å². The summed E-state index contributed by atoms with van der Waals surface area (Å²) >= 11 is 6.12. The summed E-state index contributed by atoms with van der Waals surface area (Å²) in [6.45, 7) is 3.53. The van der Waals surface area contributed by atoms with E-state index in [0.29, 0.717) is 48.0 Å². The Bertz CT molecular complexity index is 1240. The summed E-state index contributed by atoms with van der Waals surface area (Å²) < 4.78 is 38.8. The van der Waals surface area contributed by atoms with Crippen molar-refractivity contribution in [2.45, 2.75) is 18.4 Å². The summed E-state index contributed by atoms with van der Waals surface area (Å²) in [4.78, 5) is 18.4. The summed E-state index contributed by atoms with van der Waals surface area (Å²) in [5, 5.41) is 4.34. The molecule has 11 heteroatoms. The molecule has 1 N–H and O–H groups in total. The van der Waals surface area contributed by atoms with Gasteiger partial charge in [-0.15, -0.1) is 0 Å². The predicted octanol–water partition coefficient (Wildman–Crippen LogP) is 2.65. The number of nitrogens with one attached hydrogen (secondary N) is 1. The molecule has 0 atom stereocenters. The first-order valence-corrected chi connectivity index (χ1v) is 11.8. The largest absolute Gasteiger partial charge is 0.378 e. The smallest absolute Gasteiger partial charge is 0.316 e. The number of sulfonamides is 1. The van der Waals surface area contributed by atoms with Gasteiger partial charge in [0.25, 0.3) is 0 Å². The Morgan fingerprint density at radius 1 is 1.19 bits per heavy atom. The molecule has 0 radical (unpaired) electrons. The number of amides is 1. The van der Waals surface area contributed by atoms with Crippen molar-refractivity contribution in [3.8, 4) is 11.4 Å². The number of ether oxygens (including phenoxy) is 1. The number of morpholine rings is 1. The Kier molecular flexibility index (Phi) is 6.56. The summed E-state index contributed by atoms with van der Waals surface area (Å²) in [5.41, 5.74) is 1.63. The zero-order chi connectivity index (χ0) is 22.7. The van der Waals surface area contributed by atoms with Crippen molar-refractivity contribution in [1.29, 1.82) is 0 Å². The van der Waals surface area contributed by atoms with Gasteiger partial charge in [-0.3, -0.25) is 4.79 Å². The SMILES string of the molecule is Cc1ccc(-c2noc(C(=O)N3CCOCC3)n2)cc1S(=O)(=O)NCc1ccccc1Cl. The average molecular weight is 477 g/mol. The minimum absolute atomic E-state index is 0.0477. The van der Waals surface area contributed by atoms with Gasteiger partial charge in [0.1, 0.15) is 0 Å². The molecule has 9 nitrogen and oxygen atoms in total. The van der Waals surface area contributed by atoms with Crippen LogP contribution in [0, 0.1) is 6.92 Å². The van der Waals surface area contributed by atoms with Crippen molar-refractivity contribution in [3.63, 3.8) is 0 Å². The Hall–Kier alpha value is -2.79. The van der Waals surface area contributed by atoms with Crippen LogP contribution in [0.5, 0.6) is 0 Å². The van der Waals surface area contributed by atoms with Gasteiger partial charge < -0.3 is 14.2 Å². The third kappa shape index (κ3) is 4.83. The second kappa shape index (κ2) is 9.37. The average Bonchev–Trinajstić information content (AvgIpc) is 3.29. The molecule has 1 fully saturated rings. The number of benzene rings is 2. The van der Waals surface area contributed by atoms with Gasteiger partial charge in [-0.25, -0.2) is 13.1 Å². The van der Waals surface area contributed by atoms with Crippen LogP contribution in [-0.2, 0) is 21.3 Å². The third-order valence-corrected chi connectivity index (χ3v) is 6.97. The van der Waals surface area contributed by atoms with E-state index in [1.807, 2.05) is 0 Å². The van der Waals surface area contributed by atoms with Gasteiger partial charge in [-0.05, 0) is 30.2 Å². The summed E-state index contributed by atoms with van der Waals surface area (Å²) in [6.07, 6.45) is 0. The number of rotatable bonds is 6. The molecular formula is C21H21ClN4O5S. The fourth-order valence-corrected chi connectivity index (χ4v) is 4.73. The summed E-state index contributed by atoms with van der Waals surface area (Å²) in [6, 6.07) is 11.8. The monoisotopic (exact) mass is 476 g/mol. The molecule has 168 valence electrons. The normalized spacial score (nSPS) is 14.5. The van der Waals surface area contributed by atoms with E-state index in [9.17, 15) is 13.2 Å². The number of aromatic nitrogens is 2. The highest BCUT2D eigenvalue weighted by Gasteiger charge is 2.25. The van der Waals surface area contributed by atoms with E-state index in [-0.39, 0.29) is 29.1 Å². The summed E-state index contributed by atoms with van der Waals surface area (Å²) in [5.74, 6) is -0.402. The van der Waals surface area contributed by atoms with Crippen molar-refractivity contribution >= 4 is 27.5 Å². The van der Waals surface area contributed by atoms with Gasteiger partial charge in [0, 0.05) is 30.2 Å². The molecule has 1 aromatic heterocycles. The number of carbonyl (C=O) groups is 1. The van der Waals surface area contributed by atoms with Crippen LogP contribution in [0.25, 0.3) is 11.4 Å². The van der Waals surface area contributed by atoms with Crippen LogP contribution in [0.2, 0.25) is 5.02 Å². The van der Waals surface area contributed by atoms with E-state index in [1.54, 1.807) is 48.2 Å². The minimum Gasteiger partial charge on any atom is -0.378 e. The highest BCUT2D eigenvalue weighted by atomic mass is 35.5. The molecule has 4 rings (SSSR count). The molecular weight excluding hydrogens is 456 g/mol. The van der Waals surface area contributed by atoms with Crippen LogP contribution < -0.4 is 4.72 Å². The lowest BCUT2D eigenvalue weighted by molar-refractivity contribution is 0.0272. The fourth-order valence-electron chi connectivity index (χ4n) is 3.25. The van der Waals surface area contributed by atoms with Crippen LogP contribution >= 0.6 is 11.6 Å².